The first-order valence-electron chi connectivity index (χ1n) is 10.7. The molecule has 1 amide bonds. The molecule has 0 radical (unpaired) electrons. The molecule has 33 heavy (non-hydrogen) atoms. The molecule has 7 heteroatoms. The lowest BCUT2D eigenvalue weighted by Gasteiger charge is -2.19. The molecular formula is C26H24N2O4S. The molecule has 0 heterocycles. The van der Waals surface area contributed by atoms with Crippen LogP contribution in [0.4, 0.5) is 10.5 Å². The number of carbonyl (C=O) groups excluding carboxylic acids is 1. The molecule has 6 nitrogen and oxygen atoms in total. The Labute approximate surface area is 197 Å². The second-order valence-corrected chi connectivity index (χ2v) is 8.03. The molecule has 3 aromatic carbocycles. The molecule has 0 spiro atoms. The Morgan fingerprint density at radius 1 is 1.00 bits per heavy atom. The van der Waals surface area contributed by atoms with Crippen molar-refractivity contribution in [3.05, 3.63) is 89.5 Å². The van der Waals surface area contributed by atoms with Gasteiger partial charge in [-0.25, -0.2) is 4.79 Å². The highest BCUT2D eigenvalue weighted by Gasteiger charge is 2.29. The van der Waals surface area contributed by atoms with Gasteiger partial charge >= 0.3 is 6.09 Å². The van der Waals surface area contributed by atoms with Crippen molar-refractivity contribution in [3.63, 3.8) is 0 Å². The molecule has 4 rings (SSSR count). The van der Waals surface area contributed by atoms with Crippen molar-refractivity contribution in [2.45, 2.75) is 24.5 Å². The van der Waals surface area contributed by atoms with Gasteiger partial charge in [0.05, 0.1) is 17.0 Å². The lowest BCUT2D eigenvalue weighted by molar-refractivity contribution is 0.0137. The number of aliphatic imine (C=N–C) groups is 1. The second kappa shape index (κ2) is 10.5. The molecule has 0 aliphatic heterocycles. The molecule has 2 unspecified atom stereocenters. The number of hydrogen-bond acceptors (Lipinski definition) is 6. The van der Waals surface area contributed by atoms with Gasteiger partial charge < -0.3 is 20.3 Å². The van der Waals surface area contributed by atoms with E-state index in [2.05, 4.69) is 52.0 Å². The average molecular weight is 461 g/mol. The number of amides is 1. The first-order valence-corrected chi connectivity index (χ1v) is 11.1. The zero-order chi connectivity index (χ0) is 23.2. The zero-order valence-corrected chi connectivity index (χ0v) is 18.7. The molecule has 1 aliphatic carbocycles. The fourth-order valence-corrected chi connectivity index (χ4v) is 4.26. The molecule has 168 valence electrons. The highest BCUT2D eigenvalue weighted by atomic mass is 32.1. The molecule has 0 aromatic heterocycles. The maximum Gasteiger partial charge on any atom is 0.407 e. The summed E-state index contributed by atoms with van der Waals surface area (Å²) in [6.45, 7) is 0.393. The zero-order valence-electron chi connectivity index (χ0n) is 17.8. The van der Waals surface area contributed by atoms with Crippen LogP contribution in [-0.4, -0.2) is 40.7 Å². The highest BCUT2D eigenvalue weighted by molar-refractivity contribution is 7.78. The Morgan fingerprint density at radius 2 is 1.61 bits per heavy atom. The van der Waals surface area contributed by atoms with Crippen LogP contribution in [0, 0.1) is 0 Å². The minimum atomic E-state index is -1.08. The van der Waals surface area contributed by atoms with Gasteiger partial charge in [-0.3, -0.25) is 0 Å². The van der Waals surface area contributed by atoms with Crippen molar-refractivity contribution in [2.75, 3.05) is 13.2 Å². The van der Waals surface area contributed by atoms with Crippen molar-refractivity contribution in [1.82, 2.24) is 5.32 Å². The van der Waals surface area contributed by atoms with Crippen LogP contribution in [0.25, 0.3) is 11.1 Å². The number of hydrogen-bond donors (Lipinski definition) is 3. The third-order valence-corrected chi connectivity index (χ3v) is 5.92. The standard InChI is InChI=1S/C26H24N2O4S/c29-24(25(30)17-9-11-18(12-10-17)28-16-33)13-14-27-26(31)32-15-23-21-7-3-1-5-19(21)20-6-2-4-8-22(20)23/h1-12,23-25,29-30H,13-15H2,(H,27,31). The van der Waals surface area contributed by atoms with Gasteiger partial charge in [0, 0.05) is 12.5 Å². The van der Waals surface area contributed by atoms with Crippen LogP contribution < -0.4 is 5.32 Å². The Bertz CT molecular complexity index is 1130. The van der Waals surface area contributed by atoms with Crippen LogP contribution in [-0.2, 0) is 4.74 Å². The first kappa shape index (κ1) is 22.8. The number of thiocarbonyl (C=S) groups is 1. The highest BCUT2D eigenvalue weighted by Crippen LogP contribution is 2.44. The fraction of sp³-hybridized carbons (Fsp3) is 0.231. The predicted octanol–water partition coefficient (Wildman–Crippen LogP) is 4.74. The summed E-state index contributed by atoms with van der Waals surface area (Å²) >= 11 is 4.56. The van der Waals surface area contributed by atoms with Gasteiger partial charge in [-0.2, -0.15) is 4.99 Å². The second-order valence-electron chi connectivity index (χ2n) is 7.85. The van der Waals surface area contributed by atoms with Crippen LogP contribution in [0.1, 0.15) is 35.1 Å². The maximum atomic E-state index is 12.2. The lowest BCUT2D eigenvalue weighted by Crippen LogP contribution is -2.30. The normalized spacial score (nSPS) is 13.9. The Kier molecular flexibility index (Phi) is 7.27. The lowest BCUT2D eigenvalue weighted by atomic mass is 9.98. The van der Waals surface area contributed by atoms with E-state index in [1.54, 1.807) is 24.3 Å². The topological polar surface area (TPSA) is 91.2 Å². The number of rotatable bonds is 8. The first-order chi connectivity index (χ1) is 16.1. The van der Waals surface area contributed by atoms with E-state index in [9.17, 15) is 15.0 Å². The van der Waals surface area contributed by atoms with Crippen molar-refractivity contribution in [2.24, 2.45) is 4.99 Å². The quantitative estimate of drug-likeness (QED) is 0.334. The molecular weight excluding hydrogens is 436 g/mol. The van der Waals surface area contributed by atoms with E-state index < -0.39 is 18.3 Å². The summed E-state index contributed by atoms with van der Waals surface area (Å²) in [7, 11) is 0. The monoisotopic (exact) mass is 460 g/mol. The SMILES string of the molecule is O=C(NCCC(O)C(O)c1ccc(N=C=S)cc1)OCC1c2ccccc2-c2ccccc21. The van der Waals surface area contributed by atoms with Gasteiger partial charge in [-0.05, 0) is 58.6 Å². The minimum Gasteiger partial charge on any atom is -0.449 e. The molecule has 0 saturated carbocycles. The summed E-state index contributed by atoms with van der Waals surface area (Å²) in [4.78, 5) is 16.1. The van der Waals surface area contributed by atoms with Crippen molar-refractivity contribution >= 4 is 29.2 Å². The van der Waals surface area contributed by atoms with E-state index in [1.165, 1.54) is 11.1 Å². The number of ether oxygens (including phenoxy) is 1. The van der Waals surface area contributed by atoms with E-state index in [4.69, 9.17) is 4.74 Å². The van der Waals surface area contributed by atoms with Crippen molar-refractivity contribution in [1.29, 1.82) is 0 Å². The number of alkyl carbamates (subject to hydrolysis) is 1. The number of carbonyl (C=O) groups is 1. The number of aliphatic hydroxyl groups is 2. The Hall–Kier alpha value is -3.35. The number of nitrogens with one attached hydrogen (secondary N) is 1. The van der Waals surface area contributed by atoms with Gasteiger partial charge in [-0.15, -0.1) is 0 Å². The summed E-state index contributed by atoms with van der Waals surface area (Å²) in [6, 6.07) is 23.0. The number of isothiocyanates is 1. The van der Waals surface area contributed by atoms with E-state index in [0.29, 0.717) is 11.3 Å². The summed E-state index contributed by atoms with van der Waals surface area (Å²) in [5.74, 6) is -0.0128. The third kappa shape index (κ3) is 5.18. The van der Waals surface area contributed by atoms with Gasteiger partial charge in [-0.1, -0.05) is 60.7 Å². The Morgan fingerprint density at radius 3 is 2.21 bits per heavy atom. The number of aliphatic hydroxyl groups excluding tert-OH is 2. The van der Waals surface area contributed by atoms with Gasteiger partial charge in [0.25, 0.3) is 0 Å². The van der Waals surface area contributed by atoms with E-state index in [1.807, 2.05) is 24.3 Å². The molecule has 0 saturated heterocycles. The third-order valence-electron chi connectivity index (χ3n) is 5.83. The predicted molar refractivity (Wildman–Crippen MR) is 130 cm³/mol. The number of fused-ring (bicyclic) bond motifs is 3. The van der Waals surface area contributed by atoms with Crippen molar-refractivity contribution in [3.8, 4) is 11.1 Å². The summed E-state index contributed by atoms with van der Waals surface area (Å²) in [5.41, 5.74) is 5.79. The summed E-state index contributed by atoms with van der Waals surface area (Å²) in [6.07, 6.45) is -2.51. The van der Waals surface area contributed by atoms with Crippen LogP contribution in [0.2, 0.25) is 0 Å². The molecule has 2 atom stereocenters. The molecule has 1 aliphatic rings. The fourth-order valence-electron chi connectivity index (χ4n) is 4.15. The van der Waals surface area contributed by atoms with Crippen molar-refractivity contribution < 1.29 is 19.7 Å². The summed E-state index contributed by atoms with van der Waals surface area (Å²) < 4.78 is 5.48. The average Bonchev–Trinajstić information content (AvgIpc) is 3.16. The van der Waals surface area contributed by atoms with Crippen LogP contribution in [0.15, 0.2) is 77.8 Å². The molecule has 0 bridgehead atoms. The Balaban J connectivity index is 1.27. The van der Waals surface area contributed by atoms with Gasteiger partial charge in [0.1, 0.15) is 12.7 Å². The van der Waals surface area contributed by atoms with Crippen LogP contribution in [0.3, 0.4) is 0 Å². The van der Waals surface area contributed by atoms with Crippen LogP contribution >= 0.6 is 12.2 Å². The summed E-state index contributed by atoms with van der Waals surface area (Å²) in [5, 5.41) is 25.6. The van der Waals surface area contributed by atoms with E-state index >= 15 is 0 Å². The molecule has 3 aromatic rings. The molecule has 3 N–H and O–H groups in total. The largest absolute Gasteiger partial charge is 0.449 e. The number of nitrogens with zero attached hydrogens (tertiary/aromatic N) is 1. The number of benzene rings is 3. The molecule has 0 fully saturated rings. The van der Waals surface area contributed by atoms with Gasteiger partial charge in [0.15, 0.2) is 0 Å². The van der Waals surface area contributed by atoms with E-state index in [-0.39, 0.29) is 25.5 Å². The smallest absolute Gasteiger partial charge is 0.407 e. The maximum absolute atomic E-state index is 12.2. The van der Waals surface area contributed by atoms with E-state index in [0.717, 1.165) is 11.1 Å². The van der Waals surface area contributed by atoms with Crippen LogP contribution in [0.5, 0.6) is 0 Å². The van der Waals surface area contributed by atoms with Gasteiger partial charge in [0.2, 0.25) is 0 Å². The minimum absolute atomic E-state index is 0.0128.